The predicted molar refractivity (Wildman–Crippen MR) is 25.9 cm³/mol. The molecule has 1 heterocycles. The Balaban J connectivity index is 2.62. The van der Waals surface area contributed by atoms with Crippen molar-refractivity contribution in [2.75, 3.05) is 0 Å². The Kier molecular flexibility index (Phi) is 1.42. The van der Waals surface area contributed by atoms with Gasteiger partial charge in [0.05, 0.1) is 12.6 Å². The zero-order valence-electron chi connectivity index (χ0n) is 4.13. The van der Waals surface area contributed by atoms with E-state index in [1.54, 1.807) is 6.29 Å². The molecule has 0 aliphatic heterocycles. The highest BCUT2D eigenvalue weighted by Crippen LogP contribution is 1.91. The minimum atomic E-state index is 0.146. The Morgan fingerprint density at radius 1 is 1.88 bits per heavy atom. The van der Waals surface area contributed by atoms with Gasteiger partial charge in [-0.05, 0) is 0 Å². The summed E-state index contributed by atoms with van der Waals surface area (Å²) in [5.41, 5.74) is 0. The van der Waals surface area contributed by atoms with Gasteiger partial charge in [0.15, 0.2) is 0 Å². The highest BCUT2D eigenvalue weighted by Gasteiger charge is 1.92. The molecule has 1 rings (SSSR count). The molecule has 41 valence electrons. The van der Waals surface area contributed by atoms with Crippen molar-refractivity contribution in [3.05, 3.63) is 18.4 Å². The van der Waals surface area contributed by atoms with E-state index in [4.69, 9.17) is 4.42 Å². The molecule has 0 aliphatic carbocycles. The minimum Gasteiger partial charge on any atom is -0.449 e. The summed E-state index contributed by atoms with van der Waals surface area (Å²) in [5.74, 6) is 0.417. The standard InChI is InChI=1S/C5H4NO2/c7-3-1-5-6-2-4-8-5/h2,4H,1H2. The lowest BCUT2D eigenvalue weighted by atomic mass is 10.5. The summed E-state index contributed by atoms with van der Waals surface area (Å²) >= 11 is 0. The SMILES string of the molecule is O=[C]Cc1ncco1. The highest BCUT2D eigenvalue weighted by molar-refractivity contribution is 5.53. The van der Waals surface area contributed by atoms with Crippen molar-refractivity contribution >= 4 is 6.29 Å². The van der Waals surface area contributed by atoms with Crippen LogP contribution in [0, 0.1) is 0 Å². The summed E-state index contributed by atoms with van der Waals surface area (Å²) in [6.07, 6.45) is 4.73. The van der Waals surface area contributed by atoms with Crippen LogP contribution in [-0.4, -0.2) is 11.3 Å². The van der Waals surface area contributed by atoms with Crippen LogP contribution < -0.4 is 0 Å². The van der Waals surface area contributed by atoms with Gasteiger partial charge in [0, 0.05) is 0 Å². The number of carbonyl (C=O) groups excluding carboxylic acids is 1. The molecule has 0 aromatic carbocycles. The molecule has 3 heteroatoms. The van der Waals surface area contributed by atoms with E-state index in [0.29, 0.717) is 5.89 Å². The molecular formula is C5H4NO2. The number of hydrogen-bond donors (Lipinski definition) is 0. The summed E-state index contributed by atoms with van der Waals surface area (Å²) in [7, 11) is 0. The second-order valence-corrected chi connectivity index (χ2v) is 1.25. The van der Waals surface area contributed by atoms with Crippen LogP contribution in [0.1, 0.15) is 5.89 Å². The first-order valence-corrected chi connectivity index (χ1v) is 2.17. The van der Waals surface area contributed by atoms with E-state index in [-0.39, 0.29) is 6.42 Å². The van der Waals surface area contributed by atoms with Gasteiger partial charge in [0.1, 0.15) is 6.26 Å². The molecule has 0 spiro atoms. The van der Waals surface area contributed by atoms with E-state index in [0.717, 1.165) is 0 Å². The van der Waals surface area contributed by atoms with Gasteiger partial charge in [-0.25, -0.2) is 4.98 Å². The second kappa shape index (κ2) is 2.26. The quantitative estimate of drug-likeness (QED) is 0.550. The van der Waals surface area contributed by atoms with Gasteiger partial charge in [0.25, 0.3) is 0 Å². The Hall–Kier alpha value is -1.12. The lowest BCUT2D eigenvalue weighted by Crippen LogP contribution is -1.82. The number of nitrogens with zero attached hydrogens (tertiary/aromatic N) is 1. The largest absolute Gasteiger partial charge is 0.449 e. The van der Waals surface area contributed by atoms with Gasteiger partial charge >= 0.3 is 0 Å². The molecule has 1 radical (unpaired) electrons. The molecule has 0 aliphatic rings. The summed E-state index contributed by atoms with van der Waals surface area (Å²) in [4.78, 5) is 13.3. The number of rotatable bonds is 2. The van der Waals surface area contributed by atoms with Crippen molar-refractivity contribution in [1.29, 1.82) is 0 Å². The average Bonchev–Trinajstić information content (AvgIpc) is 2.19. The molecule has 0 unspecified atom stereocenters. The van der Waals surface area contributed by atoms with Crippen molar-refractivity contribution in [3.63, 3.8) is 0 Å². The third kappa shape index (κ3) is 0.932. The molecule has 0 amide bonds. The minimum absolute atomic E-state index is 0.146. The number of aromatic nitrogens is 1. The molecule has 0 N–H and O–H groups in total. The lowest BCUT2D eigenvalue weighted by Gasteiger charge is -1.76. The molecule has 0 atom stereocenters. The topological polar surface area (TPSA) is 43.1 Å². The first kappa shape index (κ1) is 5.03. The fourth-order valence-electron chi connectivity index (χ4n) is 0.402. The Morgan fingerprint density at radius 2 is 2.75 bits per heavy atom. The maximum atomic E-state index is 9.65. The van der Waals surface area contributed by atoms with Crippen molar-refractivity contribution in [1.82, 2.24) is 4.98 Å². The molecule has 0 bridgehead atoms. The van der Waals surface area contributed by atoms with Gasteiger partial charge in [-0.15, -0.1) is 0 Å². The predicted octanol–water partition coefficient (Wildman–Crippen LogP) is 0.327. The fourth-order valence-corrected chi connectivity index (χ4v) is 0.402. The van der Waals surface area contributed by atoms with E-state index < -0.39 is 0 Å². The van der Waals surface area contributed by atoms with Gasteiger partial charge in [-0.2, -0.15) is 0 Å². The maximum absolute atomic E-state index is 9.65. The Bertz CT molecular complexity index is 157. The smallest absolute Gasteiger partial charge is 0.208 e. The van der Waals surface area contributed by atoms with Gasteiger partial charge in [0.2, 0.25) is 12.2 Å². The van der Waals surface area contributed by atoms with E-state index in [2.05, 4.69) is 4.98 Å². The molecule has 8 heavy (non-hydrogen) atoms. The van der Waals surface area contributed by atoms with Crippen LogP contribution in [0.2, 0.25) is 0 Å². The highest BCUT2D eigenvalue weighted by atomic mass is 16.3. The van der Waals surface area contributed by atoms with Crippen LogP contribution in [0.3, 0.4) is 0 Å². The summed E-state index contributed by atoms with van der Waals surface area (Å²) in [5, 5.41) is 0. The van der Waals surface area contributed by atoms with Gasteiger partial charge < -0.3 is 4.42 Å². The van der Waals surface area contributed by atoms with Crippen molar-refractivity contribution in [2.45, 2.75) is 6.42 Å². The molecule has 3 nitrogen and oxygen atoms in total. The van der Waals surface area contributed by atoms with Crippen LogP contribution in [0.4, 0.5) is 0 Å². The van der Waals surface area contributed by atoms with Crippen LogP contribution in [0.25, 0.3) is 0 Å². The van der Waals surface area contributed by atoms with Crippen LogP contribution in [0.15, 0.2) is 16.9 Å². The van der Waals surface area contributed by atoms with Crippen LogP contribution >= 0.6 is 0 Å². The summed E-state index contributed by atoms with van der Waals surface area (Å²) in [6, 6.07) is 0. The molecular weight excluding hydrogens is 106 g/mol. The van der Waals surface area contributed by atoms with Crippen molar-refractivity contribution in [3.8, 4) is 0 Å². The van der Waals surface area contributed by atoms with E-state index in [1.807, 2.05) is 0 Å². The summed E-state index contributed by atoms with van der Waals surface area (Å²) in [6.45, 7) is 0. The number of oxazole rings is 1. The monoisotopic (exact) mass is 110 g/mol. The van der Waals surface area contributed by atoms with E-state index in [1.165, 1.54) is 12.5 Å². The molecule has 0 saturated heterocycles. The molecule has 0 saturated carbocycles. The molecule has 0 fully saturated rings. The van der Waals surface area contributed by atoms with Crippen molar-refractivity contribution < 1.29 is 9.21 Å². The lowest BCUT2D eigenvalue weighted by molar-refractivity contribution is 0.500. The molecule has 1 aromatic heterocycles. The first-order valence-electron chi connectivity index (χ1n) is 2.17. The fraction of sp³-hybridized carbons (Fsp3) is 0.200. The van der Waals surface area contributed by atoms with Crippen LogP contribution in [-0.2, 0) is 11.2 Å². The summed E-state index contributed by atoms with van der Waals surface area (Å²) < 4.78 is 4.70. The van der Waals surface area contributed by atoms with Gasteiger partial charge in [-0.1, -0.05) is 0 Å². The third-order valence-corrected chi connectivity index (χ3v) is 0.707. The Labute approximate surface area is 46.3 Å². The van der Waals surface area contributed by atoms with E-state index >= 15 is 0 Å². The van der Waals surface area contributed by atoms with Gasteiger partial charge in [-0.3, -0.25) is 4.79 Å². The number of hydrogen-bond acceptors (Lipinski definition) is 3. The normalized spacial score (nSPS) is 9.00. The van der Waals surface area contributed by atoms with Crippen LogP contribution in [0.5, 0.6) is 0 Å². The van der Waals surface area contributed by atoms with Crippen molar-refractivity contribution in [2.24, 2.45) is 0 Å². The average molecular weight is 110 g/mol. The van der Waals surface area contributed by atoms with E-state index in [9.17, 15) is 4.79 Å². The zero-order chi connectivity index (χ0) is 5.82. The third-order valence-electron chi connectivity index (χ3n) is 0.707. The maximum Gasteiger partial charge on any atom is 0.208 e. The second-order valence-electron chi connectivity index (χ2n) is 1.25. The molecule has 1 aromatic rings. The Morgan fingerprint density at radius 3 is 3.25 bits per heavy atom. The zero-order valence-corrected chi connectivity index (χ0v) is 4.13. The first-order chi connectivity index (χ1) is 3.93.